The van der Waals surface area contributed by atoms with Crippen molar-refractivity contribution in [2.24, 2.45) is 0 Å². The molecular formula is C26H33N5O2. The quantitative estimate of drug-likeness (QED) is 0.448. The second-order valence-corrected chi connectivity index (χ2v) is 9.49. The lowest BCUT2D eigenvalue weighted by molar-refractivity contribution is 0.0966. The molecule has 0 saturated carbocycles. The lowest BCUT2D eigenvalue weighted by atomic mass is 9.99. The molecule has 2 aromatic carbocycles. The van der Waals surface area contributed by atoms with Crippen LogP contribution in [0.25, 0.3) is 22.2 Å². The van der Waals surface area contributed by atoms with Gasteiger partial charge < -0.3 is 20.7 Å². The molecule has 7 heteroatoms. The number of hydrogen-bond donors (Lipinski definition) is 4. The van der Waals surface area contributed by atoms with Gasteiger partial charge in [-0.25, -0.2) is 0 Å². The highest BCUT2D eigenvalue weighted by molar-refractivity contribution is 6.06. The summed E-state index contributed by atoms with van der Waals surface area (Å²) in [5.41, 5.74) is 7.15. The smallest absolute Gasteiger partial charge is 0.252 e. The second kappa shape index (κ2) is 9.17. The van der Waals surface area contributed by atoms with E-state index in [-0.39, 0.29) is 12.5 Å². The summed E-state index contributed by atoms with van der Waals surface area (Å²) in [7, 11) is 0. The van der Waals surface area contributed by atoms with Crippen molar-refractivity contribution in [3.05, 3.63) is 53.1 Å². The van der Waals surface area contributed by atoms with Gasteiger partial charge in [-0.05, 0) is 55.3 Å². The molecule has 0 radical (unpaired) electrons. The lowest BCUT2D eigenvalue weighted by Gasteiger charge is -2.34. The van der Waals surface area contributed by atoms with Gasteiger partial charge in [-0.15, -0.1) is 0 Å². The Morgan fingerprint density at radius 3 is 2.61 bits per heavy atom. The number of nitrogens with zero attached hydrogens (tertiary/aromatic N) is 2. The van der Waals surface area contributed by atoms with Crippen molar-refractivity contribution < 1.29 is 9.90 Å². The van der Waals surface area contributed by atoms with Crippen molar-refractivity contribution >= 4 is 22.5 Å². The standard InChI is InChI=1S/C26H33N5O2/c1-17(2)28-21-12-20-15-27-26(33)25(20)22(14-21)24-13-19-11-18(3-4-23(19)29-24)16-31-7-5-30(6-8-31)9-10-32/h3-4,11-14,17,28-29,32H,5-10,15-16H2,1-2H3,(H,27,33). The van der Waals surface area contributed by atoms with Gasteiger partial charge in [-0.3, -0.25) is 14.6 Å². The number of benzene rings is 2. The van der Waals surface area contributed by atoms with Gasteiger partial charge in [-0.1, -0.05) is 6.07 Å². The third-order valence-electron chi connectivity index (χ3n) is 6.60. The van der Waals surface area contributed by atoms with Gasteiger partial charge in [0.05, 0.1) is 12.2 Å². The highest BCUT2D eigenvalue weighted by Gasteiger charge is 2.25. The van der Waals surface area contributed by atoms with Gasteiger partial charge >= 0.3 is 0 Å². The first-order valence-corrected chi connectivity index (χ1v) is 11.9. The minimum atomic E-state index is -0.00391. The van der Waals surface area contributed by atoms with Crippen LogP contribution in [0.4, 0.5) is 5.69 Å². The van der Waals surface area contributed by atoms with E-state index in [1.54, 1.807) is 0 Å². The molecule has 0 spiro atoms. The number of H-pyrrole nitrogens is 1. The molecule has 0 aliphatic carbocycles. The first-order chi connectivity index (χ1) is 16.0. The van der Waals surface area contributed by atoms with Crippen LogP contribution in [0.1, 0.15) is 35.3 Å². The third kappa shape index (κ3) is 4.62. The number of aliphatic hydroxyl groups is 1. The number of hydrogen-bond acceptors (Lipinski definition) is 5. The summed E-state index contributed by atoms with van der Waals surface area (Å²) in [5.74, 6) is -0.00391. The van der Waals surface area contributed by atoms with Gasteiger partial charge in [-0.2, -0.15) is 0 Å². The number of carbonyl (C=O) groups excluding carboxylic acids is 1. The zero-order valence-corrected chi connectivity index (χ0v) is 19.4. The average Bonchev–Trinajstić information content (AvgIpc) is 3.38. The van der Waals surface area contributed by atoms with E-state index in [9.17, 15) is 4.79 Å². The summed E-state index contributed by atoms with van der Waals surface area (Å²) < 4.78 is 0. The largest absolute Gasteiger partial charge is 0.395 e. The lowest BCUT2D eigenvalue weighted by Crippen LogP contribution is -2.46. The fourth-order valence-electron chi connectivity index (χ4n) is 5.00. The van der Waals surface area contributed by atoms with Crippen LogP contribution < -0.4 is 10.6 Å². The van der Waals surface area contributed by atoms with E-state index in [1.807, 2.05) is 0 Å². The number of carbonyl (C=O) groups is 1. The molecule has 5 rings (SSSR count). The zero-order chi connectivity index (χ0) is 22.9. The predicted molar refractivity (Wildman–Crippen MR) is 132 cm³/mol. The molecule has 1 fully saturated rings. The van der Waals surface area contributed by atoms with Gasteiger partial charge in [0.2, 0.25) is 0 Å². The summed E-state index contributed by atoms with van der Waals surface area (Å²) in [6.45, 7) is 10.8. The summed E-state index contributed by atoms with van der Waals surface area (Å²) >= 11 is 0. The SMILES string of the molecule is CC(C)Nc1cc2c(c(-c3cc4cc(CN5CCN(CCO)CC5)ccc4[nH]3)c1)C(=O)NC2. The molecule has 1 amide bonds. The Hall–Kier alpha value is -2.87. The number of aromatic amines is 1. The molecular weight excluding hydrogens is 414 g/mol. The van der Waals surface area contributed by atoms with Crippen LogP contribution >= 0.6 is 0 Å². The summed E-state index contributed by atoms with van der Waals surface area (Å²) in [5, 5.41) is 16.8. The van der Waals surface area contributed by atoms with Gasteiger partial charge in [0, 0.05) is 79.7 Å². The van der Waals surface area contributed by atoms with Crippen LogP contribution in [0.3, 0.4) is 0 Å². The first-order valence-electron chi connectivity index (χ1n) is 11.9. The molecule has 7 nitrogen and oxygen atoms in total. The number of amides is 1. The fourth-order valence-corrected chi connectivity index (χ4v) is 5.00. The monoisotopic (exact) mass is 447 g/mol. The van der Waals surface area contributed by atoms with Crippen LogP contribution in [0.15, 0.2) is 36.4 Å². The Morgan fingerprint density at radius 1 is 1.06 bits per heavy atom. The van der Waals surface area contributed by atoms with Crippen molar-refractivity contribution in [2.45, 2.75) is 33.0 Å². The number of anilines is 1. The summed E-state index contributed by atoms with van der Waals surface area (Å²) in [6, 6.07) is 13.2. The fraction of sp³-hybridized carbons (Fsp3) is 0.423. The third-order valence-corrected chi connectivity index (χ3v) is 6.60. The van der Waals surface area contributed by atoms with E-state index >= 15 is 0 Å². The zero-order valence-electron chi connectivity index (χ0n) is 19.4. The average molecular weight is 448 g/mol. The van der Waals surface area contributed by atoms with E-state index in [4.69, 9.17) is 5.11 Å². The molecule has 174 valence electrons. The topological polar surface area (TPSA) is 83.6 Å². The van der Waals surface area contributed by atoms with Crippen molar-refractivity contribution in [2.75, 3.05) is 44.6 Å². The molecule has 2 aliphatic heterocycles. The Kier molecular flexibility index (Phi) is 6.10. The van der Waals surface area contributed by atoms with Crippen LogP contribution in [-0.2, 0) is 13.1 Å². The number of aliphatic hydroxyl groups excluding tert-OH is 1. The minimum absolute atomic E-state index is 0.00391. The van der Waals surface area contributed by atoms with Crippen LogP contribution in [0.5, 0.6) is 0 Å². The number of fused-ring (bicyclic) bond motifs is 2. The minimum Gasteiger partial charge on any atom is -0.395 e. The van der Waals surface area contributed by atoms with E-state index < -0.39 is 0 Å². The van der Waals surface area contributed by atoms with Gasteiger partial charge in [0.25, 0.3) is 5.91 Å². The number of β-amino-alcohol motifs (C(OH)–C–C–N with tert-alkyl or cyclic N) is 1. The molecule has 3 heterocycles. The number of piperazine rings is 1. The second-order valence-electron chi connectivity index (χ2n) is 9.49. The summed E-state index contributed by atoms with van der Waals surface area (Å²) in [6.07, 6.45) is 0. The molecule has 1 saturated heterocycles. The molecule has 2 aliphatic rings. The first kappa shape index (κ1) is 21.9. The van der Waals surface area contributed by atoms with E-state index in [1.165, 1.54) is 5.56 Å². The molecule has 1 aromatic heterocycles. The van der Waals surface area contributed by atoms with E-state index in [2.05, 4.69) is 75.7 Å². The number of rotatable bonds is 7. The van der Waals surface area contributed by atoms with Crippen molar-refractivity contribution in [3.63, 3.8) is 0 Å². The van der Waals surface area contributed by atoms with Gasteiger partial charge in [0.15, 0.2) is 0 Å². The van der Waals surface area contributed by atoms with Crippen molar-refractivity contribution in [1.82, 2.24) is 20.1 Å². The molecule has 3 aromatic rings. The molecule has 4 N–H and O–H groups in total. The Morgan fingerprint density at radius 2 is 1.85 bits per heavy atom. The Bertz CT molecular complexity index is 1160. The molecule has 0 atom stereocenters. The number of aromatic nitrogens is 1. The van der Waals surface area contributed by atoms with Crippen molar-refractivity contribution in [3.8, 4) is 11.3 Å². The molecule has 0 unspecified atom stereocenters. The summed E-state index contributed by atoms with van der Waals surface area (Å²) in [4.78, 5) is 20.9. The molecule has 0 bridgehead atoms. The Balaban J connectivity index is 1.40. The van der Waals surface area contributed by atoms with Crippen LogP contribution in [-0.4, -0.2) is 71.2 Å². The molecule has 33 heavy (non-hydrogen) atoms. The highest BCUT2D eigenvalue weighted by atomic mass is 16.3. The highest BCUT2D eigenvalue weighted by Crippen LogP contribution is 2.34. The Labute approximate surface area is 194 Å². The normalized spacial score (nSPS) is 17.0. The van der Waals surface area contributed by atoms with E-state index in [0.717, 1.165) is 78.2 Å². The number of nitrogens with one attached hydrogen (secondary N) is 3. The van der Waals surface area contributed by atoms with Crippen molar-refractivity contribution in [1.29, 1.82) is 0 Å². The van der Waals surface area contributed by atoms with Crippen LogP contribution in [0.2, 0.25) is 0 Å². The maximum atomic E-state index is 12.6. The maximum Gasteiger partial charge on any atom is 0.252 e. The van der Waals surface area contributed by atoms with Crippen LogP contribution in [0, 0.1) is 0 Å². The van der Waals surface area contributed by atoms with Gasteiger partial charge in [0.1, 0.15) is 0 Å². The van der Waals surface area contributed by atoms with E-state index in [0.29, 0.717) is 12.6 Å². The predicted octanol–water partition coefficient (Wildman–Crippen LogP) is 3.01. The maximum absolute atomic E-state index is 12.6.